The number of benzene rings is 1. The zero-order chi connectivity index (χ0) is 11.3. The third-order valence-corrected chi connectivity index (χ3v) is 2.11. The molecular weight excluding hydrogens is 216 g/mol. The summed E-state index contributed by atoms with van der Waals surface area (Å²) in [6.07, 6.45) is 0. The van der Waals surface area contributed by atoms with Crippen LogP contribution in [0.25, 0.3) is 0 Å². The molecule has 1 aromatic rings. The van der Waals surface area contributed by atoms with Gasteiger partial charge >= 0.3 is 5.97 Å². The molecule has 0 unspecified atom stereocenters. The molecule has 0 aliphatic carbocycles. The third-order valence-electron chi connectivity index (χ3n) is 1.74. The average Bonchev–Trinajstić information content (AvgIpc) is 2.27. The molecule has 0 aliphatic heterocycles. The minimum atomic E-state index is -0.427. The molecule has 0 bridgehead atoms. The first-order valence-electron chi connectivity index (χ1n) is 4.24. The van der Waals surface area contributed by atoms with Crippen molar-refractivity contribution in [3.8, 4) is 11.5 Å². The van der Waals surface area contributed by atoms with Crippen LogP contribution in [0.1, 0.15) is 0 Å². The summed E-state index contributed by atoms with van der Waals surface area (Å²) in [7, 11) is 2.85. The van der Waals surface area contributed by atoms with E-state index in [9.17, 15) is 4.79 Å². The van der Waals surface area contributed by atoms with Gasteiger partial charge in [-0.2, -0.15) is 0 Å². The molecular formula is C10H12O4S. The summed E-state index contributed by atoms with van der Waals surface area (Å²) in [4.78, 5) is 11.5. The van der Waals surface area contributed by atoms with Crippen LogP contribution in [0, 0.1) is 0 Å². The predicted molar refractivity (Wildman–Crippen MR) is 57.8 cm³/mol. The summed E-state index contributed by atoms with van der Waals surface area (Å²) in [5, 5.41) is 0. The van der Waals surface area contributed by atoms with Crippen molar-refractivity contribution in [1.82, 2.24) is 0 Å². The van der Waals surface area contributed by atoms with Gasteiger partial charge in [-0.25, -0.2) is 4.79 Å². The summed E-state index contributed by atoms with van der Waals surface area (Å²) >= 11 is 4.18. The summed E-state index contributed by atoms with van der Waals surface area (Å²) in [6, 6.07) is 5.09. The molecule has 0 saturated heterocycles. The summed E-state index contributed by atoms with van der Waals surface area (Å²) in [6.45, 7) is -0.119. The van der Waals surface area contributed by atoms with Gasteiger partial charge in [-0.3, -0.25) is 0 Å². The van der Waals surface area contributed by atoms with E-state index in [1.165, 1.54) is 7.11 Å². The Morgan fingerprint density at radius 2 is 2.13 bits per heavy atom. The highest BCUT2D eigenvalue weighted by Gasteiger charge is 2.04. The van der Waals surface area contributed by atoms with Gasteiger partial charge in [-0.1, -0.05) is 0 Å². The first-order chi connectivity index (χ1) is 7.17. The zero-order valence-corrected chi connectivity index (χ0v) is 9.41. The zero-order valence-electron chi connectivity index (χ0n) is 8.52. The fourth-order valence-corrected chi connectivity index (χ4v) is 1.18. The van der Waals surface area contributed by atoms with Crippen LogP contribution < -0.4 is 9.47 Å². The molecule has 0 aliphatic rings. The Morgan fingerprint density at radius 1 is 1.40 bits per heavy atom. The highest BCUT2D eigenvalue weighted by Crippen LogP contribution is 2.27. The highest BCUT2D eigenvalue weighted by atomic mass is 32.1. The van der Waals surface area contributed by atoms with Crippen LogP contribution in [0.15, 0.2) is 23.1 Å². The van der Waals surface area contributed by atoms with Crippen molar-refractivity contribution in [2.75, 3.05) is 20.8 Å². The number of hydrogen-bond donors (Lipinski definition) is 1. The number of carbonyl (C=O) groups excluding carboxylic acids is 1. The third kappa shape index (κ3) is 3.36. The molecule has 0 heterocycles. The van der Waals surface area contributed by atoms with Crippen LogP contribution in [0.4, 0.5) is 0 Å². The van der Waals surface area contributed by atoms with Gasteiger partial charge in [0.2, 0.25) is 0 Å². The quantitative estimate of drug-likeness (QED) is 0.627. The van der Waals surface area contributed by atoms with Crippen LogP contribution in [0.2, 0.25) is 0 Å². The van der Waals surface area contributed by atoms with Crippen molar-refractivity contribution in [3.63, 3.8) is 0 Å². The predicted octanol–water partition coefficient (Wildman–Crippen LogP) is 1.54. The van der Waals surface area contributed by atoms with Gasteiger partial charge < -0.3 is 14.2 Å². The SMILES string of the molecule is COC(=O)COc1ccc(S)c(OC)c1. The van der Waals surface area contributed by atoms with Crippen molar-refractivity contribution < 1.29 is 19.0 Å². The maximum absolute atomic E-state index is 10.8. The van der Waals surface area contributed by atoms with Crippen LogP contribution in [0.5, 0.6) is 11.5 Å². The van der Waals surface area contributed by atoms with E-state index in [1.807, 2.05) is 0 Å². The number of thiol groups is 1. The molecule has 0 aromatic heterocycles. The Hall–Kier alpha value is -1.36. The lowest BCUT2D eigenvalue weighted by Gasteiger charge is -2.08. The molecule has 0 fully saturated rings. The average molecular weight is 228 g/mol. The van der Waals surface area contributed by atoms with Crippen LogP contribution in [-0.2, 0) is 9.53 Å². The first-order valence-corrected chi connectivity index (χ1v) is 4.68. The number of ether oxygens (including phenoxy) is 3. The van der Waals surface area contributed by atoms with Crippen LogP contribution in [0.3, 0.4) is 0 Å². The van der Waals surface area contributed by atoms with Gasteiger partial charge in [-0.05, 0) is 12.1 Å². The second kappa shape index (κ2) is 5.50. The Labute approximate surface area is 93.5 Å². The summed E-state index contributed by atoms with van der Waals surface area (Å²) in [5.74, 6) is 0.708. The minimum absolute atomic E-state index is 0.119. The lowest BCUT2D eigenvalue weighted by molar-refractivity contribution is -0.142. The lowest BCUT2D eigenvalue weighted by atomic mass is 10.3. The molecule has 0 N–H and O–H groups in total. The van der Waals surface area contributed by atoms with Gasteiger partial charge in [0.05, 0.1) is 14.2 Å². The second-order valence-corrected chi connectivity index (χ2v) is 3.18. The molecule has 82 valence electrons. The number of esters is 1. The van der Waals surface area contributed by atoms with Crippen LogP contribution >= 0.6 is 12.6 Å². The molecule has 0 atom stereocenters. The normalized spacial score (nSPS) is 9.53. The molecule has 0 radical (unpaired) electrons. The molecule has 15 heavy (non-hydrogen) atoms. The van der Waals surface area contributed by atoms with Crippen molar-refractivity contribution in [3.05, 3.63) is 18.2 Å². The Balaban J connectivity index is 2.66. The largest absolute Gasteiger partial charge is 0.495 e. The van der Waals surface area contributed by atoms with Gasteiger partial charge in [-0.15, -0.1) is 12.6 Å². The Bertz CT molecular complexity index is 351. The van der Waals surface area contributed by atoms with E-state index >= 15 is 0 Å². The van der Waals surface area contributed by atoms with E-state index in [2.05, 4.69) is 17.4 Å². The Kier molecular flexibility index (Phi) is 4.30. The molecule has 0 spiro atoms. The lowest BCUT2D eigenvalue weighted by Crippen LogP contribution is -2.12. The van der Waals surface area contributed by atoms with E-state index in [4.69, 9.17) is 9.47 Å². The van der Waals surface area contributed by atoms with Crippen molar-refractivity contribution in [1.29, 1.82) is 0 Å². The van der Waals surface area contributed by atoms with E-state index < -0.39 is 5.97 Å². The smallest absolute Gasteiger partial charge is 0.343 e. The molecule has 1 rings (SSSR count). The van der Waals surface area contributed by atoms with Crippen molar-refractivity contribution in [2.24, 2.45) is 0 Å². The topological polar surface area (TPSA) is 44.8 Å². The number of rotatable bonds is 4. The maximum Gasteiger partial charge on any atom is 0.343 e. The fraction of sp³-hybridized carbons (Fsp3) is 0.300. The van der Waals surface area contributed by atoms with Crippen LogP contribution in [-0.4, -0.2) is 26.8 Å². The maximum atomic E-state index is 10.8. The minimum Gasteiger partial charge on any atom is -0.495 e. The number of methoxy groups -OCH3 is 2. The second-order valence-electron chi connectivity index (χ2n) is 2.70. The van der Waals surface area contributed by atoms with Gasteiger partial charge in [0.1, 0.15) is 11.5 Å². The first kappa shape index (κ1) is 11.7. The van der Waals surface area contributed by atoms with E-state index in [0.29, 0.717) is 16.4 Å². The number of hydrogen-bond acceptors (Lipinski definition) is 5. The van der Waals surface area contributed by atoms with E-state index in [1.54, 1.807) is 25.3 Å². The van der Waals surface area contributed by atoms with Gasteiger partial charge in [0, 0.05) is 11.0 Å². The van der Waals surface area contributed by atoms with E-state index in [-0.39, 0.29) is 6.61 Å². The monoisotopic (exact) mass is 228 g/mol. The van der Waals surface area contributed by atoms with E-state index in [0.717, 1.165) is 0 Å². The highest BCUT2D eigenvalue weighted by molar-refractivity contribution is 7.80. The van der Waals surface area contributed by atoms with Gasteiger partial charge in [0.15, 0.2) is 6.61 Å². The van der Waals surface area contributed by atoms with Crippen molar-refractivity contribution >= 4 is 18.6 Å². The van der Waals surface area contributed by atoms with Crippen molar-refractivity contribution in [2.45, 2.75) is 4.90 Å². The number of carbonyl (C=O) groups is 1. The molecule has 0 saturated carbocycles. The molecule has 1 aromatic carbocycles. The molecule has 5 heteroatoms. The molecule has 4 nitrogen and oxygen atoms in total. The fourth-order valence-electron chi connectivity index (χ4n) is 0.949. The summed E-state index contributed by atoms with van der Waals surface area (Å²) in [5.41, 5.74) is 0. The van der Waals surface area contributed by atoms with Gasteiger partial charge in [0.25, 0.3) is 0 Å². The summed E-state index contributed by atoms with van der Waals surface area (Å²) < 4.78 is 14.7. The standard InChI is InChI=1S/C10H12O4S/c1-12-8-5-7(3-4-9(8)15)14-6-10(11)13-2/h3-5,15H,6H2,1-2H3. The Morgan fingerprint density at radius 3 is 2.73 bits per heavy atom. The molecule has 0 amide bonds.